The van der Waals surface area contributed by atoms with E-state index in [1.165, 1.54) is 4.31 Å². The Balaban J connectivity index is 1.58. The van der Waals surface area contributed by atoms with Crippen molar-refractivity contribution in [2.75, 3.05) is 53.0 Å². The van der Waals surface area contributed by atoms with Crippen LogP contribution in [0.4, 0.5) is 0 Å². The average molecular weight is 408 g/mol. The number of hydrogen-bond acceptors (Lipinski definition) is 6. The van der Waals surface area contributed by atoms with Crippen LogP contribution >= 0.6 is 22.9 Å². The quantitative estimate of drug-likeness (QED) is 0.702. The third-order valence-corrected chi connectivity index (χ3v) is 8.29. The summed E-state index contributed by atoms with van der Waals surface area (Å²) in [7, 11) is -1.87. The number of hydrogen-bond donors (Lipinski definition) is 0. The number of amides is 1. The van der Waals surface area contributed by atoms with E-state index in [4.69, 9.17) is 16.3 Å². The van der Waals surface area contributed by atoms with Crippen LogP contribution in [0.3, 0.4) is 0 Å². The largest absolute Gasteiger partial charge is 0.383 e. The Kier molecular flexibility index (Phi) is 6.02. The van der Waals surface area contributed by atoms with E-state index >= 15 is 0 Å². The van der Waals surface area contributed by atoms with Crippen LogP contribution in [0.2, 0.25) is 4.34 Å². The van der Waals surface area contributed by atoms with Crippen LogP contribution in [0.25, 0.3) is 0 Å². The lowest BCUT2D eigenvalue weighted by Crippen LogP contribution is -2.53. The molecule has 0 bridgehead atoms. The molecule has 10 heteroatoms. The first-order valence-electron chi connectivity index (χ1n) is 8.21. The van der Waals surface area contributed by atoms with Crippen molar-refractivity contribution in [3.05, 3.63) is 16.5 Å². The van der Waals surface area contributed by atoms with Gasteiger partial charge in [-0.15, -0.1) is 11.3 Å². The van der Waals surface area contributed by atoms with E-state index in [-0.39, 0.29) is 16.2 Å². The molecular weight excluding hydrogens is 386 g/mol. The van der Waals surface area contributed by atoms with Gasteiger partial charge in [0.25, 0.3) is 10.0 Å². The fourth-order valence-electron chi connectivity index (χ4n) is 3.30. The van der Waals surface area contributed by atoms with E-state index in [0.29, 0.717) is 43.7 Å². The minimum absolute atomic E-state index is 0.124. The van der Waals surface area contributed by atoms with Gasteiger partial charge in [-0.1, -0.05) is 11.6 Å². The molecule has 1 atom stereocenters. The minimum Gasteiger partial charge on any atom is -0.383 e. The van der Waals surface area contributed by atoms with Crippen molar-refractivity contribution in [3.63, 3.8) is 0 Å². The van der Waals surface area contributed by atoms with E-state index in [1.807, 2.05) is 4.90 Å². The zero-order valence-electron chi connectivity index (χ0n) is 14.1. The molecule has 0 radical (unpaired) electrons. The van der Waals surface area contributed by atoms with Gasteiger partial charge in [-0.25, -0.2) is 8.42 Å². The molecule has 1 aromatic heterocycles. The Labute approximate surface area is 157 Å². The van der Waals surface area contributed by atoms with E-state index < -0.39 is 10.0 Å². The predicted octanol–water partition coefficient (Wildman–Crippen LogP) is 0.955. The molecule has 1 aromatic rings. The second-order valence-corrected chi connectivity index (χ2v) is 10.0. The van der Waals surface area contributed by atoms with Crippen molar-refractivity contribution < 1.29 is 17.9 Å². The van der Waals surface area contributed by atoms with E-state index in [1.54, 1.807) is 19.2 Å². The summed E-state index contributed by atoms with van der Waals surface area (Å²) in [6, 6.07) is 3.00. The molecule has 0 N–H and O–H groups in total. The fraction of sp³-hybridized carbons (Fsp3) is 0.667. The maximum absolute atomic E-state index is 12.6. The zero-order valence-corrected chi connectivity index (χ0v) is 16.4. The second-order valence-electron chi connectivity index (χ2n) is 6.12. The number of ether oxygens (including phenoxy) is 1. The number of sulfonamides is 1. The Morgan fingerprint density at radius 2 is 1.96 bits per heavy atom. The van der Waals surface area contributed by atoms with Crippen LogP contribution in [0.5, 0.6) is 0 Å². The van der Waals surface area contributed by atoms with Gasteiger partial charge in [0.2, 0.25) is 5.91 Å². The van der Waals surface area contributed by atoms with Gasteiger partial charge in [0, 0.05) is 46.4 Å². The fourth-order valence-corrected chi connectivity index (χ4v) is 6.36. The highest BCUT2D eigenvalue weighted by atomic mass is 35.5. The lowest BCUT2D eigenvalue weighted by atomic mass is 10.2. The third-order valence-electron chi connectivity index (χ3n) is 4.69. The molecule has 7 nitrogen and oxygen atoms in total. The minimum atomic E-state index is -3.50. The number of methoxy groups -OCH3 is 1. The summed E-state index contributed by atoms with van der Waals surface area (Å²) in [6.45, 7) is 3.78. The second kappa shape index (κ2) is 7.89. The summed E-state index contributed by atoms with van der Waals surface area (Å²) in [6.07, 6.45) is 0.788. The normalized spacial score (nSPS) is 23.5. The van der Waals surface area contributed by atoms with E-state index in [2.05, 4.69) is 4.90 Å². The number of likely N-dealkylation sites (tertiary alicyclic amines) is 1. The maximum atomic E-state index is 12.6. The molecule has 2 aliphatic rings. The molecule has 0 spiro atoms. The number of thiophene rings is 1. The van der Waals surface area contributed by atoms with Gasteiger partial charge in [-0.2, -0.15) is 4.31 Å². The van der Waals surface area contributed by atoms with Gasteiger partial charge in [-0.3, -0.25) is 9.69 Å². The van der Waals surface area contributed by atoms with Crippen LogP contribution in [-0.4, -0.2) is 87.5 Å². The van der Waals surface area contributed by atoms with Gasteiger partial charge in [0.05, 0.1) is 17.0 Å². The van der Waals surface area contributed by atoms with Gasteiger partial charge in [0.1, 0.15) is 4.21 Å². The number of halogens is 1. The Bertz CT molecular complexity index is 716. The van der Waals surface area contributed by atoms with Crippen molar-refractivity contribution in [2.24, 2.45) is 0 Å². The summed E-state index contributed by atoms with van der Waals surface area (Å²) in [5, 5.41) is 0. The first-order valence-corrected chi connectivity index (χ1v) is 10.8. The van der Waals surface area contributed by atoms with Crippen molar-refractivity contribution >= 4 is 38.9 Å². The molecule has 25 heavy (non-hydrogen) atoms. The number of carbonyl (C=O) groups excluding carboxylic acids is 1. The Morgan fingerprint density at radius 1 is 1.24 bits per heavy atom. The number of nitrogens with zero attached hydrogens (tertiary/aromatic N) is 3. The summed E-state index contributed by atoms with van der Waals surface area (Å²) < 4.78 is 32.5. The molecule has 0 saturated carbocycles. The molecule has 0 aliphatic carbocycles. The van der Waals surface area contributed by atoms with E-state index in [9.17, 15) is 13.2 Å². The molecule has 1 unspecified atom stereocenters. The smallest absolute Gasteiger partial charge is 0.252 e. The highest BCUT2D eigenvalue weighted by Gasteiger charge is 2.38. The predicted molar refractivity (Wildman–Crippen MR) is 96.5 cm³/mol. The zero-order chi connectivity index (χ0) is 18.0. The molecule has 1 amide bonds. The number of rotatable bonds is 6. The molecule has 2 aliphatic heterocycles. The SMILES string of the molecule is COCCN1CCC(N2CCN(S(=O)(=O)c3ccc(Cl)s3)CC2)C1=O. The molecule has 2 saturated heterocycles. The standard InChI is InChI=1S/C15H22ClN3O4S2/c1-23-11-10-18-5-4-12(15(18)20)17-6-8-19(9-7-17)25(21,22)14-3-2-13(16)24-14/h2-3,12H,4-11H2,1H3. The summed E-state index contributed by atoms with van der Waals surface area (Å²) in [5.74, 6) is 0.124. The van der Waals surface area contributed by atoms with Crippen molar-refractivity contribution in [3.8, 4) is 0 Å². The number of piperazine rings is 1. The monoisotopic (exact) mass is 407 g/mol. The first kappa shape index (κ1) is 19.1. The lowest BCUT2D eigenvalue weighted by Gasteiger charge is -2.36. The molecule has 3 rings (SSSR count). The maximum Gasteiger partial charge on any atom is 0.252 e. The van der Waals surface area contributed by atoms with Crippen LogP contribution in [0, 0.1) is 0 Å². The molecular formula is C15H22ClN3O4S2. The van der Waals surface area contributed by atoms with Gasteiger partial charge < -0.3 is 9.64 Å². The van der Waals surface area contributed by atoms with Crippen molar-refractivity contribution in [1.82, 2.24) is 14.1 Å². The van der Waals surface area contributed by atoms with Crippen molar-refractivity contribution in [1.29, 1.82) is 0 Å². The highest BCUT2D eigenvalue weighted by Crippen LogP contribution is 2.29. The summed E-state index contributed by atoms with van der Waals surface area (Å²) in [5.41, 5.74) is 0. The van der Waals surface area contributed by atoms with Crippen LogP contribution in [-0.2, 0) is 19.6 Å². The third kappa shape index (κ3) is 4.01. The lowest BCUT2D eigenvalue weighted by molar-refractivity contribution is -0.133. The molecule has 3 heterocycles. The topological polar surface area (TPSA) is 70.2 Å². The van der Waals surface area contributed by atoms with Gasteiger partial charge in [0.15, 0.2) is 0 Å². The molecule has 2 fully saturated rings. The first-order chi connectivity index (χ1) is 11.9. The summed E-state index contributed by atoms with van der Waals surface area (Å²) >= 11 is 6.93. The molecule has 0 aromatic carbocycles. The van der Waals surface area contributed by atoms with Crippen molar-refractivity contribution in [2.45, 2.75) is 16.7 Å². The Hall–Kier alpha value is -0.710. The highest BCUT2D eigenvalue weighted by molar-refractivity contribution is 7.91. The van der Waals surface area contributed by atoms with Crippen LogP contribution < -0.4 is 0 Å². The van der Waals surface area contributed by atoms with Gasteiger partial charge in [-0.05, 0) is 18.6 Å². The molecule has 140 valence electrons. The van der Waals surface area contributed by atoms with Crippen LogP contribution in [0.15, 0.2) is 16.3 Å². The number of carbonyl (C=O) groups is 1. The average Bonchev–Trinajstić information content (AvgIpc) is 3.20. The van der Waals surface area contributed by atoms with E-state index in [0.717, 1.165) is 24.3 Å². The Morgan fingerprint density at radius 3 is 2.56 bits per heavy atom. The van der Waals surface area contributed by atoms with Gasteiger partial charge >= 0.3 is 0 Å². The summed E-state index contributed by atoms with van der Waals surface area (Å²) in [4.78, 5) is 16.4. The van der Waals surface area contributed by atoms with Crippen LogP contribution in [0.1, 0.15) is 6.42 Å².